The van der Waals surface area contributed by atoms with E-state index in [1.807, 2.05) is 0 Å². The van der Waals surface area contributed by atoms with Gasteiger partial charge in [0.05, 0.1) is 0 Å². The predicted molar refractivity (Wildman–Crippen MR) is 79.1 cm³/mol. The second kappa shape index (κ2) is 6.94. The van der Waals surface area contributed by atoms with Crippen molar-refractivity contribution < 1.29 is 0 Å². The minimum Gasteiger partial charge on any atom is -0.316 e. The van der Waals surface area contributed by atoms with Crippen LogP contribution < -0.4 is 5.32 Å². The fourth-order valence-electron chi connectivity index (χ4n) is 2.75. The summed E-state index contributed by atoms with van der Waals surface area (Å²) in [6, 6.07) is 7.14. The standard InChI is InChI=1S/C17H27N/c1-14(2)13-18-11-4-3-6-15-9-10-16-7-5-8-17(16)12-15/h9-10,12,14,18H,3-8,11,13H2,1-2H3. The number of fused-ring (bicyclic) bond motifs is 1. The van der Waals surface area contributed by atoms with Crippen LogP contribution in [0.1, 0.15) is 49.8 Å². The van der Waals surface area contributed by atoms with E-state index in [-0.39, 0.29) is 0 Å². The molecular weight excluding hydrogens is 218 g/mol. The number of benzene rings is 1. The normalized spacial score (nSPS) is 14.2. The van der Waals surface area contributed by atoms with Crippen LogP contribution in [0.4, 0.5) is 0 Å². The summed E-state index contributed by atoms with van der Waals surface area (Å²) in [6.07, 6.45) is 7.82. The van der Waals surface area contributed by atoms with Gasteiger partial charge in [-0.2, -0.15) is 0 Å². The Kier molecular flexibility index (Phi) is 5.25. The van der Waals surface area contributed by atoms with E-state index in [1.54, 1.807) is 16.7 Å². The van der Waals surface area contributed by atoms with E-state index in [1.165, 1.54) is 45.1 Å². The molecule has 0 heterocycles. The lowest BCUT2D eigenvalue weighted by atomic mass is 10.0. The lowest BCUT2D eigenvalue weighted by Crippen LogP contribution is -2.20. The first-order valence-electron chi connectivity index (χ1n) is 7.57. The topological polar surface area (TPSA) is 12.0 Å². The molecule has 0 saturated carbocycles. The molecule has 1 aromatic carbocycles. The van der Waals surface area contributed by atoms with Gasteiger partial charge in [0.1, 0.15) is 0 Å². The molecular formula is C17H27N. The van der Waals surface area contributed by atoms with E-state index in [9.17, 15) is 0 Å². The number of unbranched alkanes of at least 4 members (excludes halogenated alkanes) is 1. The number of hydrogen-bond acceptors (Lipinski definition) is 1. The molecule has 1 aliphatic rings. The zero-order valence-electron chi connectivity index (χ0n) is 12.0. The van der Waals surface area contributed by atoms with Crippen LogP contribution in [0.5, 0.6) is 0 Å². The Morgan fingerprint density at radius 1 is 1.11 bits per heavy atom. The fraction of sp³-hybridized carbons (Fsp3) is 0.647. The van der Waals surface area contributed by atoms with Crippen molar-refractivity contribution >= 4 is 0 Å². The van der Waals surface area contributed by atoms with Gasteiger partial charge in [-0.25, -0.2) is 0 Å². The van der Waals surface area contributed by atoms with Gasteiger partial charge in [-0.15, -0.1) is 0 Å². The van der Waals surface area contributed by atoms with Crippen molar-refractivity contribution in [2.45, 2.75) is 52.4 Å². The molecule has 1 heteroatoms. The highest BCUT2D eigenvalue weighted by atomic mass is 14.8. The monoisotopic (exact) mass is 245 g/mol. The molecule has 18 heavy (non-hydrogen) atoms. The summed E-state index contributed by atoms with van der Waals surface area (Å²) in [4.78, 5) is 0. The van der Waals surface area contributed by atoms with Crippen molar-refractivity contribution in [1.82, 2.24) is 5.32 Å². The Bertz CT molecular complexity index is 368. The molecule has 0 unspecified atom stereocenters. The predicted octanol–water partition coefficient (Wildman–Crippen LogP) is 3.74. The van der Waals surface area contributed by atoms with Crippen LogP contribution in [0.3, 0.4) is 0 Å². The van der Waals surface area contributed by atoms with Crippen LogP contribution in [0.15, 0.2) is 18.2 Å². The van der Waals surface area contributed by atoms with Crippen LogP contribution in [0, 0.1) is 5.92 Å². The molecule has 0 radical (unpaired) electrons. The zero-order chi connectivity index (χ0) is 12.8. The van der Waals surface area contributed by atoms with E-state index in [0.29, 0.717) is 0 Å². The molecule has 2 rings (SSSR count). The van der Waals surface area contributed by atoms with Crippen molar-refractivity contribution in [3.05, 3.63) is 34.9 Å². The van der Waals surface area contributed by atoms with Crippen molar-refractivity contribution in [2.24, 2.45) is 5.92 Å². The highest BCUT2D eigenvalue weighted by molar-refractivity contribution is 5.35. The zero-order valence-corrected chi connectivity index (χ0v) is 12.0. The first-order chi connectivity index (χ1) is 8.75. The van der Waals surface area contributed by atoms with Gasteiger partial charge in [0.15, 0.2) is 0 Å². The van der Waals surface area contributed by atoms with Gasteiger partial charge in [-0.1, -0.05) is 32.0 Å². The summed E-state index contributed by atoms with van der Waals surface area (Å²) in [5.41, 5.74) is 4.75. The molecule has 0 saturated heterocycles. The minimum atomic E-state index is 0.765. The van der Waals surface area contributed by atoms with Crippen molar-refractivity contribution in [3.8, 4) is 0 Å². The van der Waals surface area contributed by atoms with Gasteiger partial charge in [0, 0.05) is 0 Å². The van der Waals surface area contributed by atoms with E-state index in [0.717, 1.165) is 12.5 Å². The van der Waals surface area contributed by atoms with Crippen LogP contribution >= 0.6 is 0 Å². The first-order valence-corrected chi connectivity index (χ1v) is 7.57. The smallest absolute Gasteiger partial charge is 0.00258 e. The first kappa shape index (κ1) is 13.6. The maximum Gasteiger partial charge on any atom is -0.00258 e. The van der Waals surface area contributed by atoms with Crippen molar-refractivity contribution in [1.29, 1.82) is 0 Å². The molecule has 1 nitrogen and oxygen atoms in total. The number of aryl methyl sites for hydroxylation is 3. The van der Waals surface area contributed by atoms with Gasteiger partial charge in [-0.05, 0) is 74.2 Å². The molecule has 1 aliphatic carbocycles. The Labute approximate surface area is 112 Å². The molecule has 0 aliphatic heterocycles. The second-order valence-electron chi connectivity index (χ2n) is 6.01. The molecule has 1 N–H and O–H groups in total. The summed E-state index contributed by atoms with van der Waals surface area (Å²) in [5, 5.41) is 3.51. The average molecular weight is 245 g/mol. The van der Waals surface area contributed by atoms with Gasteiger partial charge in [0.2, 0.25) is 0 Å². The molecule has 0 spiro atoms. The number of nitrogens with one attached hydrogen (secondary N) is 1. The summed E-state index contributed by atoms with van der Waals surface area (Å²) in [6.45, 7) is 6.84. The highest BCUT2D eigenvalue weighted by Gasteiger charge is 2.10. The lowest BCUT2D eigenvalue weighted by Gasteiger charge is -2.08. The largest absolute Gasteiger partial charge is 0.316 e. The molecule has 100 valence electrons. The van der Waals surface area contributed by atoms with Gasteiger partial charge < -0.3 is 5.32 Å². The summed E-state index contributed by atoms with van der Waals surface area (Å²) in [5.74, 6) is 0.765. The minimum absolute atomic E-state index is 0.765. The summed E-state index contributed by atoms with van der Waals surface area (Å²) in [7, 11) is 0. The second-order valence-corrected chi connectivity index (χ2v) is 6.01. The molecule has 0 amide bonds. The summed E-state index contributed by atoms with van der Waals surface area (Å²) < 4.78 is 0. The van der Waals surface area contributed by atoms with E-state index >= 15 is 0 Å². The Hall–Kier alpha value is -0.820. The summed E-state index contributed by atoms with van der Waals surface area (Å²) >= 11 is 0. The van der Waals surface area contributed by atoms with Gasteiger partial charge >= 0.3 is 0 Å². The molecule has 0 aromatic heterocycles. The average Bonchev–Trinajstić information content (AvgIpc) is 2.80. The highest BCUT2D eigenvalue weighted by Crippen LogP contribution is 2.23. The quantitative estimate of drug-likeness (QED) is 0.722. The van der Waals surface area contributed by atoms with E-state index < -0.39 is 0 Å². The van der Waals surface area contributed by atoms with Gasteiger partial charge in [0.25, 0.3) is 0 Å². The maximum absolute atomic E-state index is 3.51. The van der Waals surface area contributed by atoms with Crippen LogP contribution in [-0.2, 0) is 19.3 Å². The third-order valence-electron chi connectivity index (χ3n) is 3.78. The number of hydrogen-bond donors (Lipinski definition) is 1. The fourth-order valence-corrected chi connectivity index (χ4v) is 2.75. The maximum atomic E-state index is 3.51. The lowest BCUT2D eigenvalue weighted by molar-refractivity contribution is 0.535. The molecule has 0 fully saturated rings. The molecule has 0 bridgehead atoms. The van der Waals surface area contributed by atoms with Crippen LogP contribution in [-0.4, -0.2) is 13.1 Å². The van der Waals surface area contributed by atoms with Crippen molar-refractivity contribution in [2.75, 3.05) is 13.1 Å². The molecule has 1 aromatic rings. The Morgan fingerprint density at radius 3 is 2.78 bits per heavy atom. The SMILES string of the molecule is CC(C)CNCCCCc1ccc2c(c1)CCC2. The van der Waals surface area contributed by atoms with Crippen LogP contribution in [0.25, 0.3) is 0 Å². The van der Waals surface area contributed by atoms with Crippen LogP contribution in [0.2, 0.25) is 0 Å². The van der Waals surface area contributed by atoms with Gasteiger partial charge in [-0.3, -0.25) is 0 Å². The Balaban J connectivity index is 1.65. The van der Waals surface area contributed by atoms with E-state index in [4.69, 9.17) is 0 Å². The molecule has 0 atom stereocenters. The third kappa shape index (κ3) is 4.13. The Morgan fingerprint density at radius 2 is 1.94 bits per heavy atom. The van der Waals surface area contributed by atoms with E-state index in [2.05, 4.69) is 37.4 Å². The van der Waals surface area contributed by atoms with Crippen molar-refractivity contribution in [3.63, 3.8) is 0 Å². The third-order valence-corrected chi connectivity index (χ3v) is 3.78. The number of rotatable bonds is 7.